The Labute approximate surface area is 119 Å². The zero-order valence-corrected chi connectivity index (χ0v) is 12.4. The van der Waals surface area contributed by atoms with Gasteiger partial charge in [-0.3, -0.25) is 4.79 Å². The predicted octanol–water partition coefficient (Wildman–Crippen LogP) is 3.94. The molecule has 2 nitrogen and oxygen atoms in total. The molecule has 0 fully saturated rings. The summed E-state index contributed by atoms with van der Waals surface area (Å²) in [6, 6.07) is 8.47. The first-order valence-corrected chi connectivity index (χ1v) is 8.02. The molecule has 2 rings (SSSR count). The molecule has 0 aliphatic heterocycles. The molecule has 0 spiro atoms. The van der Waals surface area contributed by atoms with Gasteiger partial charge >= 0.3 is 0 Å². The molecule has 2 atom stereocenters. The van der Waals surface area contributed by atoms with Gasteiger partial charge in [0.15, 0.2) is 0 Å². The van der Waals surface area contributed by atoms with Gasteiger partial charge in [-0.15, -0.1) is 11.8 Å². The fourth-order valence-corrected chi connectivity index (χ4v) is 2.75. The van der Waals surface area contributed by atoms with E-state index in [1.807, 2.05) is 6.92 Å². The Hall–Kier alpha value is -1.22. The monoisotopic (exact) mass is 275 g/mol. The standard InChI is InChI=1S/C16H21NOS/c1-12(13-8-10-15(19-2)11-9-13)17-16(18)14-6-4-3-5-7-14/h3-4,8-12,14H,5-7H2,1-2H3,(H,17,18)/t12-,14+/m0/s1. The van der Waals surface area contributed by atoms with Crippen LogP contribution < -0.4 is 5.32 Å². The van der Waals surface area contributed by atoms with Crippen molar-refractivity contribution < 1.29 is 4.79 Å². The fraction of sp³-hybridized carbons (Fsp3) is 0.438. The average molecular weight is 275 g/mol. The number of nitrogens with one attached hydrogen (secondary N) is 1. The minimum atomic E-state index is 0.0781. The third-order valence-electron chi connectivity index (χ3n) is 3.61. The van der Waals surface area contributed by atoms with E-state index in [1.165, 1.54) is 4.90 Å². The Morgan fingerprint density at radius 3 is 2.63 bits per heavy atom. The van der Waals surface area contributed by atoms with Crippen molar-refractivity contribution in [3.8, 4) is 0 Å². The SMILES string of the molecule is CSc1ccc([C@H](C)NC(=O)[C@@H]2CC=CCC2)cc1. The van der Waals surface area contributed by atoms with E-state index >= 15 is 0 Å². The van der Waals surface area contributed by atoms with Crippen molar-refractivity contribution in [3.63, 3.8) is 0 Å². The lowest BCUT2D eigenvalue weighted by Crippen LogP contribution is -2.33. The Morgan fingerprint density at radius 1 is 1.32 bits per heavy atom. The molecular weight excluding hydrogens is 254 g/mol. The molecule has 3 heteroatoms. The smallest absolute Gasteiger partial charge is 0.223 e. The molecule has 102 valence electrons. The molecule has 1 aliphatic rings. The van der Waals surface area contributed by atoms with Gasteiger partial charge in [-0.05, 0) is 50.1 Å². The molecule has 1 aromatic rings. The van der Waals surface area contributed by atoms with Crippen molar-refractivity contribution in [2.45, 2.75) is 37.1 Å². The molecule has 1 amide bonds. The van der Waals surface area contributed by atoms with Crippen molar-refractivity contribution in [2.75, 3.05) is 6.26 Å². The summed E-state index contributed by atoms with van der Waals surface area (Å²) in [4.78, 5) is 13.4. The number of allylic oxidation sites excluding steroid dienone is 2. The van der Waals surface area contributed by atoms with Gasteiger partial charge in [0, 0.05) is 10.8 Å². The number of hydrogen-bond donors (Lipinski definition) is 1. The van der Waals surface area contributed by atoms with Gasteiger partial charge in [0.25, 0.3) is 0 Å². The summed E-state index contributed by atoms with van der Waals surface area (Å²) in [5.74, 6) is 0.337. The van der Waals surface area contributed by atoms with Crippen LogP contribution in [0.1, 0.15) is 37.8 Å². The van der Waals surface area contributed by atoms with Gasteiger partial charge < -0.3 is 5.32 Å². The van der Waals surface area contributed by atoms with E-state index < -0.39 is 0 Å². The second-order valence-electron chi connectivity index (χ2n) is 4.98. The van der Waals surface area contributed by atoms with Gasteiger partial charge in [-0.25, -0.2) is 0 Å². The molecule has 0 aromatic heterocycles. The molecule has 0 radical (unpaired) electrons. The van der Waals surface area contributed by atoms with Gasteiger partial charge in [0.2, 0.25) is 5.91 Å². The van der Waals surface area contributed by atoms with Crippen LogP contribution in [0.25, 0.3) is 0 Å². The van der Waals surface area contributed by atoms with E-state index in [-0.39, 0.29) is 17.9 Å². The van der Waals surface area contributed by atoms with Crippen LogP contribution >= 0.6 is 11.8 Å². The van der Waals surface area contributed by atoms with Crippen LogP contribution in [0.2, 0.25) is 0 Å². The number of carbonyl (C=O) groups excluding carboxylic acids is 1. The highest BCUT2D eigenvalue weighted by Crippen LogP contribution is 2.22. The van der Waals surface area contributed by atoms with Crippen molar-refractivity contribution in [2.24, 2.45) is 5.92 Å². The third-order valence-corrected chi connectivity index (χ3v) is 4.36. The number of carbonyl (C=O) groups is 1. The van der Waals surface area contributed by atoms with Crippen LogP contribution in [0.15, 0.2) is 41.3 Å². The summed E-state index contributed by atoms with van der Waals surface area (Å²) in [5, 5.41) is 3.12. The van der Waals surface area contributed by atoms with Crippen LogP contribution in [-0.4, -0.2) is 12.2 Å². The fourth-order valence-electron chi connectivity index (χ4n) is 2.34. The first-order chi connectivity index (χ1) is 9.20. The lowest BCUT2D eigenvalue weighted by Gasteiger charge is -2.21. The lowest BCUT2D eigenvalue weighted by atomic mass is 9.93. The molecule has 0 unspecified atom stereocenters. The topological polar surface area (TPSA) is 29.1 Å². The minimum Gasteiger partial charge on any atom is -0.349 e. The highest BCUT2D eigenvalue weighted by molar-refractivity contribution is 7.98. The molecule has 0 heterocycles. The van der Waals surface area contributed by atoms with Crippen LogP contribution in [-0.2, 0) is 4.79 Å². The van der Waals surface area contributed by atoms with Gasteiger partial charge in [0.1, 0.15) is 0 Å². The quantitative estimate of drug-likeness (QED) is 0.666. The van der Waals surface area contributed by atoms with Gasteiger partial charge in [0.05, 0.1) is 6.04 Å². The molecule has 1 aromatic carbocycles. The van der Waals surface area contributed by atoms with E-state index in [9.17, 15) is 4.79 Å². The summed E-state index contributed by atoms with van der Waals surface area (Å²) in [5.41, 5.74) is 1.16. The maximum atomic E-state index is 12.2. The first kappa shape index (κ1) is 14.2. The highest BCUT2D eigenvalue weighted by atomic mass is 32.2. The molecular formula is C16H21NOS. The Balaban J connectivity index is 1.93. The second-order valence-corrected chi connectivity index (χ2v) is 5.86. The number of benzene rings is 1. The van der Waals surface area contributed by atoms with E-state index in [4.69, 9.17) is 0 Å². The van der Waals surface area contributed by atoms with Crippen LogP contribution in [0.3, 0.4) is 0 Å². The zero-order valence-electron chi connectivity index (χ0n) is 11.6. The third kappa shape index (κ3) is 3.87. The Morgan fingerprint density at radius 2 is 2.05 bits per heavy atom. The van der Waals surface area contributed by atoms with Gasteiger partial charge in [-0.1, -0.05) is 24.3 Å². The minimum absolute atomic E-state index is 0.0781. The van der Waals surface area contributed by atoms with Crippen LogP contribution in [0.5, 0.6) is 0 Å². The average Bonchev–Trinajstić information content (AvgIpc) is 2.48. The normalized spacial score (nSPS) is 20.0. The number of hydrogen-bond acceptors (Lipinski definition) is 2. The van der Waals surface area contributed by atoms with E-state index in [1.54, 1.807) is 11.8 Å². The largest absolute Gasteiger partial charge is 0.349 e. The second kappa shape index (κ2) is 6.80. The summed E-state index contributed by atoms with van der Waals surface area (Å²) in [7, 11) is 0. The van der Waals surface area contributed by atoms with E-state index in [0.717, 1.165) is 24.8 Å². The number of rotatable bonds is 4. The summed E-state index contributed by atoms with van der Waals surface area (Å²) < 4.78 is 0. The molecule has 0 saturated carbocycles. The molecule has 0 saturated heterocycles. The summed E-state index contributed by atoms with van der Waals surface area (Å²) in [6.07, 6.45) is 9.22. The summed E-state index contributed by atoms with van der Waals surface area (Å²) in [6.45, 7) is 2.05. The van der Waals surface area contributed by atoms with E-state index in [0.29, 0.717) is 0 Å². The van der Waals surface area contributed by atoms with Crippen LogP contribution in [0, 0.1) is 5.92 Å². The maximum Gasteiger partial charge on any atom is 0.223 e. The Kier molecular flexibility index (Phi) is 5.08. The molecule has 1 N–H and O–H groups in total. The molecule has 0 bridgehead atoms. The van der Waals surface area contributed by atoms with Gasteiger partial charge in [-0.2, -0.15) is 0 Å². The zero-order chi connectivity index (χ0) is 13.7. The van der Waals surface area contributed by atoms with Crippen molar-refractivity contribution >= 4 is 17.7 Å². The van der Waals surface area contributed by atoms with Crippen molar-refractivity contribution in [3.05, 3.63) is 42.0 Å². The molecule has 1 aliphatic carbocycles. The maximum absolute atomic E-state index is 12.2. The molecule has 19 heavy (non-hydrogen) atoms. The predicted molar refractivity (Wildman–Crippen MR) is 81.3 cm³/mol. The van der Waals surface area contributed by atoms with E-state index in [2.05, 4.69) is 48.0 Å². The summed E-state index contributed by atoms with van der Waals surface area (Å²) >= 11 is 1.73. The number of thioether (sulfide) groups is 1. The van der Waals surface area contributed by atoms with Crippen molar-refractivity contribution in [1.29, 1.82) is 0 Å². The highest BCUT2D eigenvalue weighted by Gasteiger charge is 2.20. The Bertz CT molecular complexity index is 452. The lowest BCUT2D eigenvalue weighted by molar-refractivity contribution is -0.125. The van der Waals surface area contributed by atoms with Crippen LogP contribution in [0.4, 0.5) is 0 Å². The number of amides is 1. The first-order valence-electron chi connectivity index (χ1n) is 6.80. The van der Waals surface area contributed by atoms with Crippen molar-refractivity contribution in [1.82, 2.24) is 5.32 Å².